The predicted octanol–water partition coefficient (Wildman–Crippen LogP) is 4.53. The molecule has 2 N–H and O–H groups in total. The van der Waals surface area contributed by atoms with Crippen LogP contribution in [-0.4, -0.2) is 5.17 Å². The van der Waals surface area contributed by atoms with E-state index in [0.29, 0.717) is 5.17 Å². The highest BCUT2D eigenvalue weighted by molar-refractivity contribution is 8.13. The zero-order valence-corrected chi connectivity index (χ0v) is 12.2. The molecule has 0 fully saturated rings. The quantitative estimate of drug-likeness (QED) is 0.666. The first-order chi connectivity index (χ1) is 9.13. The standard InChI is InChI=1S/C15H15ClN2S/c1-11-3-2-4-14(9-11)18-15(17)19-10-12-5-7-13(16)8-6-12/h2-9H,10H2,1H3,(H2,17,18). The van der Waals surface area contributed by atoms with Gasteiger partial charge in [0.2, 0.25) is 0 Å². The molecule has 2 aromatic rings. The predicted molar refractivity (Wildman–Crippen MR) is 85.2 cm³/mol. The van der Waals surface area contributed by atoms with Crippen LogP contribution in [0.4, 0.5) is 5.69 Å². The number of benzene rings is 2. The van der Waals surface area contributed by atoms with E-state index in [0.717, 1.165) is 16.5 Å². The maximum Gasteiger partial charge on any atom is 0.159 e. The van der Waals surface area contributed by atoms with Crippen LogP contribution in [0.3, 0.4) is 0 Å². The van der Waals surface area contributed by atoms with Crippen LogP contribution in [0.25, 0.3) is 0 Å². The van der Waals surface area contributed by atoms with Crippen molar-refractivity contribution in [3.8, 4) is 0 Å². The zero-order valence-electron chi connectivity index (χ0n) is 10.6. The lowest BCUT2D eigenvalue weighted by Crippen LogP contribution is -2.06. The summed E-state index contributed by atoms with van der Waals surface area (Å²) in [6.45, 7) is 2.04. The Kier molecular flexibility index (Phi) is 4.88. The Labute approximate surface area is 122 Å². The molecule has 2 nitrogen and oxygen atoms in total. The molecule has 0 unspecified atom stereocenters. The maximum atomic E-state index is 5.92. The van der Waals surface area contributed by atoms with Gasteiger partial charge in [-0.05, 0) is 42.3 Å². The number of nitrogens with two attached hydrogens (primary N) is 1. The van der Waals surface area contributed by atoms with Crippen molar-refractivity contribution >= 4 is 34.2 Å². The molecule has 0 radical (unpaired) electrons. The second-order valence-electron chi connectivity index (χ2n) is 4.20. The smallest absolute Gasteiger partial charge is 0.159 e. The van der Waals surface area contributed by atoms with Gasteiger partial charge in [-0.15, -0.1) is 0 Å². The van der Waals surface area contributed by atoms with E-state index >= 15 is 0 Å². The Morgan fingerprint density at radius 3 is 2.63 bits per heavy atom. The van der Waals surface area contributed by atoms with E-state index in [4.69, 9.17) is 17.3 Å². The van der Waals surface area contributed by atoms with Gasteiger partial charge in [0, 0.05) is 10.8 Å². The molecular formula is C15H15ClN2S. The first kappa shape index (κ1) is 14.0. The molecule has 0 saturated heterocycles. The highest BCUT2D eigenvalue weighted by Crippen LogP contribution is 2.19. The molecule has 0 heterocycles. The molecule has 0 aliphatic carbocycles. The first-order valence-corrected chi connectivity index (χ1v) is 7.28. The van der Waals surface area contributed by atoms with Gasteiger partial charge in [-0.3, -0.25) is 0 Å². The molecule has 0 atom stereocenters. The van der Waals surface area contributed by atoms with Gasteiger partial charge in [-0.2, -0.15) is 0 Å². The maximum absolute atomic E-state index is 5.92. The number of nitrogens with zero attached hydrogens (tertiary/aromatic N) is 1. The van der Waals surface area contributed by atoms with E-state index in [9.17, 15) is 0 Å². The molecular weight excluding hydrogens is 276 g/mol. The summed E-state index contributed by atoms with van der Waals surface area (Å²) in [5.41, 5.74) is 9.17. The van der Waals surface area contributed by atoms with Gasteiger partial charge >= 0.3 is 0 Å². The van der Waals surface area contributed by atoms with Gasteiger partial charge in [0.1, 0.15) is 0 Å². The van der Waals surface area contributed by atoms with Gasteiger partial charge in [0.15, 0.2) is 5.17 Å². The van der Waals surface area contributed by atoms with Crippen molar-refractivity contribution in [3.05, 3.63) is 64.7 Å². The third-order valence-electron chi connectivity index (χ3n) is 2.54. The number of amidine groups is 1. The summed E-state index contributed by atoms with van der Waals surface area (Å²) in [6, 6.07) is 15.7. The third kappa shape index (κ3) is 4.62. The van der Waals surface area contributed by atoms with Gasteiger partial charge in [0.25, 0.3) is 0 Å². The number of aliphatic imine (C=N–C) groups is 1. The Morgan fingerprint density at radius 2 is 1.95 bits per heavy atom. The van der Waals surface area contributed by atoms with E-state index in [2.05, 4.69) is 4.99 Å². The van der Waals surface area contributed by atoms with Crippen LogP contribution in [0.2, 0.25) is 5.02 Å². The van der Waals surface area contributed by atoms with E-state index in [-0.39, 0.29) is 0 Å². The van der Waals surface area contributed by atoms with Crippen LogP contribution in [0.5, 0.6) is 0 Å². The first-order valence-electron chi connectivity index (χ1n) is 5.91. The normalized spacial score (nSPS) is 11.6. The summed E-state index contributed by atoms with van der Waals surface area (Å²) in [4.78, 5) is 4.38. The number of halogens is 1. The average molecular weight is 291 g/mol. The molecule has 0 aromatic heterocycles. The molecule has 98 valence electrons. The van der Waals surface area contributed by atoms with Crippen LogP contribution < -0.4 is 5.73 Å². The van der Waals surface area contributed by atoms with E-state index in [1.54, 1.807) is 0 Å². The Bertz CT molecular complexity index is 579. The summed E-state index contributed by atoms with van der Waals surface area (Å²) in [5, 5.41) is 1.32. The van der Waals surface area contributed by atoms with Crippen LogP contribution in [0, 0.1) is 6.92 Å². The SMILES string of the molecule is Cc1cccc(N=C(N)SCc2ccc(Cl)cc2)c1. The highest BCUT2D eigenvalue weighted by Gasteiger charge is 1.98. The van der Waals surface area contributed by atoms with Crippen molar-refractivity contribution in [1.29, 1.82) is 0 Å². The number of rotatable bonds is 3. The molecule has 0 spiro atoms. The second-order valence-corrected chi connectivity index (χ2v) is 5.64. The minimum absolute atomic E-state index is 0.570. The van der Waals surface area contributed by atoms with Crippen LogP contribution >= 0.6 is 23.4 Å². The van der Waals surface area contributed by atoms with Gasteiger partial charge in [-0.1, -0.05) is 47.6 Å². The third-order valence-corrected chi connectivity index (χ3v) is 3.66. The second kappa shape index (κ2) is 6.64. The number of aryl methyl sites for hydroxylation is 1. The van der Waals surface area contributed by atoms with Gasteiger partial charge < -0.3 is 5.73 Å². The summed E-state index contributed by atoms with van der Waals surface area (Å²) < 4.78 is 0. The molecule has 19 heavy (non-hydrogen) atoms. The number of hydrogen-bond donors (Lipinski definition) is 1. The van der Waals surface area contributed by atoms with Crippen LogP contribution in [0.15, 0.2) is 53.5 Å². The van der Waals surface area contributed by atoms with Crippen molar-refractivity contribution in [2.45, 2.75) is 12.7 Å². The summed E-state index contributed by atoms with van der Waals surface area (Å²) >= 11 is 7.36. The molecule has 0 bridgehead atoms. The van der Waals surface area contributed by atoms with Crippen molar-refractivity contribution in [2.75, 3.05) is 0 Å². The van der Waals surface area contributed by atoms with Crippen molar-refractivity contribution in [1.82, 2.24) is 0 Å². The molecule has 0 aliphatic rings. The molecule has 4 heteroatoms. The minimum Gasteiger partial charge on any atom is -0.378 e. The van der Waals surface area contributed by atoms with Crippen molar-refractivity contribution in [2.24, 2.45) is 10.7 Å². The largest absolute Gasteiger partial charge is 0.378 e. The van der Waals surface area contributed by atoms with E-state index in [1.165, 1.54) is 22.9 Å². The molecule has 0 aliphatic heterocycles. The monoisotopic (exact) mass is 290 g/mol. The Hall–Kier alpha value is -1.45. The van der Waals surface area contributed by atoms with Crippen LogP contribution in [-0.2, 0) is 5.75 Å². The summed E-state index contributed by atoms with van der Waals surface area (Å²) in [6.07, 6.45) is 0. The van der Waals surface area contributed by atoms with Crippen LogP contribution in [0.1, 0.15) is 11.1 Å². The average Bonchev–Trinajstić information content (AvgIpc) is 2.38. The van der Waals surface area contributed by atoms with E-state index in [1.807, 2.05) is 55.5 Å². The zero-order chi connectivity index (χ0) is 13.7. The van der Waals surface area contributed by atoms with Crippen molar-refractivity contribution in [3.63, 3.8) is 0 Å². The Morgan fingerprint density at radius 1 is 1.21 bits per heavy atom. The number of thioether (sulfide) groups is 1. The molecule has 0 amide bonds. The van der Waals surface area contributed by atoms with Gasteiger partial charge in [-0.25, -0.2) is 4.99 Å². The van der Waals surface area contributed by atoms with Gasteiger partial charge in [0.05, 0.1) is 5.69 Å². The molecule has 0 saturated carbocycles. The lowest BCUT2D eigenvalue weighted by molar-refractivity contribution is 1.41. The molecule has 2 rings (SSSR count). The molecule has 2 aromatic carbocycles. The summed E-state index contributed by atoms with van der Waals surface area (Å²) in [5.74, 6) is 0.790. The lowest BCUT2D eigenvalue weighted by Gasteiger charge is -2.02. The van der Waals surface area contributed by atoms with Crippen molar-refractivity contribution < 1.29 is 0 Å². The number of hydrogen-bond acceptors (Lipinski definition) is 2. The summed E-state index contributed by atoms with van der Waals surface area (Å²) in [7, 11) is 0. The highest BCUT2D eigenvalue weighted by atomic mass is 35.5. The topological polar surface area (TPSA) is 38.4 Å². The fourth-order valence-corrected chi connectivity index (χ4v) is 2.40. The Balaban J connectivity index is 1.97. The fourth-order valence-electron chi connectivity index (χ4n) is 1.59. The minimum atomic E-state index is 0.570. The van der Waals surface area contributed by atoms with E-state index < -0.39 is 0 Å². The lowest BCUT2D eigenvalue weighted by atomic mass is 10.2. The fraction of sp³-hybridized carbons (Fsp3) is 0.133.